The normalized spacial score (nSPS) is 10.6. The van der Waals surface area contributed by atoms with Gasteiger partial charge in [0.1, 0.15) is 0 Å². The Morgan fingerprint density at radius 1 is 1.35 bits per heavy atom. The number of amides is 1. The Labute approximate surface area is 116 Å². The highest BCUT2D eigenvalue weighted by atomic mass is 79.9. The second-order valence-electron chi connectivity index (χ2n) is 4.32. The van der Waals surface area contributed by atoms with E-state index in [-0.39, 0.29) is 5.91 Å². The summed E-state index contributed by atoms with van der Waals surface area (Å²) in [5, 5.41) is 2.91. The number of hydrogen-bond acceptors (Lipinski definition) is 2. The summed E-state index contributed by atoms with van der Waals surface area (Å²) >= 11 is 5.04. The standard InChI is InChI=1S/C13H18BrNOS/c1-10(2)7-15-13(16)9-17-8-11-3-5-12(14)6-4-11/h3-6,10H,7-9H2,1-2H3,(H,15,16). The van der Waals surface area contributed by atoms with Gasteiger partial charge in [-0.05, 0) is 23.6 Å². The molecule has 0 saturated heterocycles. The monoisotopic (exact) mass is 315 g/mol. The van der Waals surface area contributed by atoms with Crippen LogP contribution in [0.5, 0.6) is 0 Å². The summed E-state index contributed by atoms with van der Waals surface area (Å²) in [5.41, 5.74) is 1.25. The van der Waals surface area contributed by atoms with Gasteiger partial charge in [-0.25, -0.2) is 0 Å². The first-order chi connectivity index (χ1) is 8.08. The van der Waals surface area contributed by atoms with Gasteiger partial charge in [0.15, 0.2) is 0 Å². The summed E-state index contributed by atoms with van der Waals surface area (Å²) < 4.78 is 1.08. The molecule has 1 aromatic carbocycles. The van der Waals surface area contributed by atoms with Gasteiger partial charge in [-0.15, -0.1) is 11.8 Å². The van der Waals surface area contributed by atoms with Crippen molar-refractivity contribution >= 4 is 33.6 Å². The van der Waals surface area contributed by atoms with Crippen molar-refractivity contribution in [1.82, 2.24) is 5.32 Å². The molecule has 4 heteroatoms. The molecule has 0 bridgehead atoms. The van der Waals surface area contributed by atoms with Gasteiger partial charge in [-0.1, -0.05) is 41.9 Å². The number of nitrogens with one attached hydrogen (secondary N) is 1. The van der Waals surface area contributed by atoms with Crippen LogP contribution in [0.1, 0.15) is 19.4 Å². The molecule has 0 aliphatic heterocycles. The minimum Gasteiger partial charge on any atom is -0.355 e. The number of benzene rings is 1. The molecule has 1 amide bonds. The predicted molar refractivity (Wildman–Crippen MR) is 78.2 cm³/mol. The summed E-state index contributed by atoms with van der Waals surface area (Å²) in [6.45, 7) is 4.95. The molecule has 0 heterocycles. The molecular weight excluding hydrogens is 298 g/mol. The van der Waals surface area contributed by atoms with Crippen LogP contribution in [0.4, 0.5) is 0 Å². The maximum atomic E-state index is 11.5. The number of carbonyl (C=O) groups excluding carboxylic acids is 1. The summed E-state index contributed by atoms with van der Waals surface area (Å²) in [5.74, 6) is 2.04. The SMILES string of the molecule is CC(C)CNC(=O)CSCc1ccc(Br)cc1. The first-order valence-electron chi connectivity index (χ1n) is 5.67. The lowest BCUT2D eigenvalue weighted by Gasteiger charge is -2.07. The largest absolute Gasteiger partial charge is 0.355 e. The number of rotatable bonds is 6. The van der Waals surface area contributed by atoms with E-state index in [1.165, 1.54) is 5.56 Å². The third-order valence-corrected chi connectivity index (χ3v) is 3.66. The van der Waals surface area contributed by atoms with Gasteiger partial charge in [0.2, 0.25) is 5.91 Å². The van der Waals surface area contributed by atoms with Gasteiger partial charge < -0.3 is 5.32 Å². The third kappa shape index (κ3) is 6.74. The van der Waals surface area contributed by atoms with Crippen molar-refractivity contribution in [2.24, 2.45) is 5.92 Å². The van der Waals surface area contributed by atoms with Gasteiger partial charge >= 0.3 is 0 Å². The van der Waals surface area contributed by atoms with Gasteiger partial charge in [-0.2, -0.15) is 0 Å². The second-order valence-corrected chi connectivity index (χ2v) is 6.22. The quantitative estimate of drug-likeness (QED) is 0.871. The predicted octanol–water partition coefficient (Wildman–Crippen LogP) is 3.45. The van der Waals surface area contributed by atoms with E-state index in [0.29, 0.717) is 11.7 Å². The average molecular weight is 316 g/mol. The van der Waals surface area contributed by atoms with Crippen LogP contribution >= 0.6 is 27.7 Å². The Bertz CT molecular complexity index is 351. The van der Waals surface area contributed by atoms with Crippen LogP contribution in [-0.2, 0) is 10.5 Å². The van der Waals surface area contributed by atoms with Crippen LogP contribution in [0, 0.1) is 5.92 Å². The maximum absolute atomic E-state index is 11.5. The molecule has 0 saturated carbocycles. The molecule has 0 fully saturated rings. The van der Waals surface area contributed by atoms with Crippen molar-refractivity contribution < 1.29 is 4.79 Å². The fraction of sp³-hybridized carbons (Fsp3) is 0.462. The summed E-state index contributed by atoms with van der Waals surface area (Å²) in [6.07, 6.45) is 0. The molecule has 1 aromatic rings. The lowest BCUT2D eigenvalue weighted by atomic mass is 10.2. The van der Waals surface area contributed by atoms with Crippen molar-refractivity contribution in [3.63, 3.8) is 0 Å². The fourth-order valence-electron chi connectivity index (χ4n) is 1.21. The van der Waals surface area contributed by atoms with E-state index >= 15 is 0 Å². The van der Waals surface area contributed by atoms with E-state index in [1.54, 1.807) is 11.8 Å². The van der Waals surface area contributed by atoms with Gasteiger partial charge in [0, 0.05) is 16.8 Å². The molecule has 0 atom stereocenters. The Balaban J connectivity index is 2.19. The molecule has 0 radical (unpaired) electrons. The highest BCUT2D eigenvalue weighted by molar-refractivity contribution is 9.10. The lowest BCUT2D eigenvalue weighted by Crippen LogP contribution is -2.28. The molecule has 17 heavy (non-hydrogen) atoms. The molecule has 1 rings (SSSR count). The van der Waals surface area contributed by atoms with E-state index < -0.39 is 0 Å². The zero-order valence-corrected chi connectivity index (χ0v) is 12.6. The highest BCUT2D eigenvalue weighted by Gasteiger charge is 2.02. The van der Waals surface area contributed by atoms with Crippen LogP contribution in [0.15, 0.2) is 28.7 Å². The highest BCUT2D eigenvalue weighted by Crippen LogP contribution is 2.15. The summed E-state index contributed by atoms with van der Waals surface area (Å²) in [4.78, 5) is 11.5. The zero-order chi connectivity index (χ0) is 12.7. The molecule has 0 spiro atoms. The minimum atomic E-state index is 0.126. The molecule has 0 aromatic heterocycles. The van der Waals surface area contributed by atoms with E-state index in [1.807, 2.05) is 12.1 Å². The Kier molecular flexibility index (Phi) is 6.66. The summed E-state index contributed by atoms with van der Waals surface area (Å²) in [6, 6.07) is 8.19. The second kappa shape index (κ2) is 7.77. The van der Waals surface area contributed by atoms with E-state index in [0.717, 1.165) is 16.8 Å². The van der Waals surface area contributed by atoms with Crippen LogP contribution in [0.25, 0.3) is 0 Å². The molecule has 0 aliphatic carbocycles. The number of hydrogen-bond donors (Lipinski definition) is 1. The van der Waals surface area contributed by atoms with Gasteiger partial charge in [0.05, 0.1) is 5.75 Å². The first-order valence-corrected chi connectivity index (χ1v) is 7.61. The molecule has 0 unspecified atom stereocenters. The number of thioether (sulfide) groups is 1. The first kappa shape index (κ1) is 14.6. The Morgan fingerprint density at radius 2 is 2.00 bits per heavy atom. The summed E-state index contributed by atoms with van der Waals surface area (Å²) in [7, 11) is 0. The zero-order valence-electron chi connectivity index (χ0n) is 10.2. The molecule has 0 aliphatic rings. The Morgan fingerprint density at radius 3 is 2.59 bits per heavy atom. The smallest absolute Gasteiger partial charge is 0.230 e. The fourth-order valence-corrected chi connectivity index (χ4v) is 2.29. The van der Waals surface area contributed by atoms with Crippen molar-refractivity contribution in [2.75, 3.05) is 12.3 Å². The van der Waals surface area contributed by atoms with Gasteiger partial charge in [0.25, 0.3) is 0 Å². The average Bonchev–Trinajstić information content (AvgIpc) is 2.29. The minimum absolute atomic E-state index is 0.126. The van der Waals surface area contributed by atoms with Crippen LogP contribution in [0.2, 0.25) is 0 Å². The molecular formula is C13H18BrNOS. The van der Waals surface area contributed by atoms with Crippen LogP contribution < -0.4 is 5.32 Å². The molecule has 94 valence electrons. The van der Waals surface area contributed by atoms with Crippen molar-refractivity contribution in [3.05, 3.63) is 34.3 Å². The maximum Gasteiger partial charge on any atom is 0.230 e. The topological polar surface area (TPSA) is 29.1 Å². The van der Waals surface area contributed by atoms with Crippen molar-refractivity contribution in [1.29, 1.82) is 0 Å². The third-order valence-electron chi connectivity index (χ3n) is 2.12. The lowest BCUT2D eigenvalue weighted by molar-refractivity contribution is -0.118. The molecule has 1 N–H and O–H groups in total. The van der Waals surface area contributed by atoms with E-state index in [4.69, 9.17) is 0 Å². The van der Waals surface area contributed by atoms with Crippen molar-refractivity contribution in [3.8, 4) is 0 Å². The Hall–Kier alpha value is -0.480. The molecule has 2 nitrogen and oxygen atoms in total. The van der Waals surface area contributed by atoms with E-state index in [2.05, 4.69) is 47.2 Å². The van der Waals surface area contributed by atoms with Crippen LogP contribution in [-0.4, -0.2) is 18.2 Å². The van der Waals surface area contributed by atoms with Gasteiger partial charge in [-0.3, -0.25) is 4.79 Å². The van der Waals surface area contributed by atoms with E-state index in [9.17, 15) is 4.79 Å². The van der Waals surface area contributed by atoms with Crippen LogP contribution in [0.3, 0.4) is 0 Å². The van der Waals surface area contributed by atoms with Crippen molar-refractivity contribution in [2.45, 2.75) is 19.6 Å². The number of carbonyl (C=O) groups is 1. The number of halogens is 1.